The molecule has 18 heavy (non-hydrogen) atoms. The Balaban J connectivity index is 4.16. The van der Waals surface area contributed by atoms with Crippen molar-refractivity contribution in [3.8, 4) is 0 Å². The topological polar surface area (TPSA) is 12.0 Å². The average Bonchev–Trinajstić information content (AvgIpc) is 2.19. The lowest BCUT2D eigenvalue weighted by molar-refractivity contribution is 0.270. The summed E-state index contributed by atoms with van der Waals surface area (Å²) in [6.45, 7) is 18.9. The Labute approximate surface area is 115 Å². The van der Waals surface area contributed by atoms with Gasteiger partial charge in [0.1, 0.15) is 0 Å². The van der Waals surface area contributed by atoms with Crippen LogP contribution in [-0.2, 0) is 0 Å². The highest BCUT2D eigenvalue weighted by atomic mass is 14.9. The molecule has 1 N–H and O–H groups in total. The van der Waals surface area contributed by atoms with Gasteiger partial charge in [0.05, 0.1) is 0 Å². The molecule has 0 spiro atoms. The molecule has 0 amide bonds. The molecule has 0 rings (SSSR count). The fourth-order valence-corrected chi connectivity index (χ4v) is 2.69. The van der Waals surface area contributed by atoms with E-state index in [1.165, 1.54) is 31.3 Å². The van der Waals surface area contributed by atoms with Gasteiger partial charge in [0.25, 0.3) is 0 Å². The van der Waals surface area contributed by atoms with Crippen molar-refractivity contribution in [1.82, 2.24) is 5.32 Å². The number of allylic oxidation sites excluding steroid dienone is 1. The van der Waals surface area contributed by atoms with E-state index in [0.717, 1.165) is 18.9 Å². The van der Waals surface area contributed by atoms with Crippen molar-refractivity contribution in [1.29, 1.82) is 0 Å². The maximum Gasteiger partial charge on any atom is 0.00726 e. The quantitative estimate of drug-likeness (QED) is 0.559. The van der Waals surface area contributed by atoms with E-state index in [9.17, 15) is 0 Å². The highest BCUT2D eigenvalue weighted by Crippen LogP contribution is 2.27. The van der Waals surface area contributed by atoms with Crippen molar-refractivity contribution in [2.75, 3.05) is 6.54 Å². The highest BCUT2D eigenvalue weighted by Gasteiger charge is 2.18. The zero-order valence-corrected chi connectivity index (χ0v) is 13.6. The van der Waals surface area contributed by atoms with Crippen molar-refractivity contribution in [2.45, 2.75) is 79.7 Å². The molecule has 0 fully saturated rings. The van der Waals surface area contributed by atoms with Gasteiger partial charge >= 0.3 is 0 Å². The van der Waals surface area contributed by atoms with E-state index in [4.69, 9.17) is 0 Å². The van der Waals surface area contributed by atoms with Crippen LogP contribution >= 0.6 is 0 Å². The third-order valence-electron chi connectivity index (χ3n) is 3.25. The highest BCUT2D eigenvalue weighted by molar-refractivity contribution is 4.89. The van der Waals surface area contributed by atoms with Gasteiger partial charge in [-0.3, -0.25) is 0 Å². The van der Waals surface area contributed by atoms with Crippen LogP contribution in [0.25, 0.3) is 0 Å². The average molecular weight is 253 g/mol. The lowest BCUT2D eigenvalue weighted by atomic mass is 9.82. The number of hydrogen-bond donors (Lipinski definition) is 1. The molecule has 0 aromatic carbocycles. The van der Waals surface area contributed by atoms with E-state index in [1.54, 1.807) is 0 Å². The van der Waals surface area contributed by atoms with Crippen LogP contribution in [0.15, 0.2) is 12.2 Å². The van der Waals surface area contributed by atoms with Gasteiger partial charge in [-0.05, 0) is 56.9 Å². The first-order valence-electron chi connectivity index (χ1n) is 7.62. The van der Waals surface area contributed by atoms with E-state index < -0.39 is 0 Å². The first-order chi connectivity index (χ1) is 8.24. The summed E-state index contributed by atoms with van der Waals surface area (Å²) in [5.74, 6) is 0.796. The van der Waals surface area contributed by atoms with Crippen LogP contribution in [0, 0.1) is 11.3 Å². The van der Waals surface area contributed by atoms with Crippen molar-refractivity contribution in [2.24, 2.45) is 11.3 Å². The van der Waals surface area contributed by atoms with Gasteiger partial charge in [0.2, 0.25) is 0 Å². The Morgan fingerprint density at radius 2 is 1.89 bits per heavy atom. The second kappa shape index (κ2) is 8.74. The number of nitrogens with one attached hydrogen (secondary N) is 1. The molecule has 1 nitrogen and oxygen atoms in total. The summed E-state index contributed by atoms with van der Waals surface area (Å²) in [4.78, 5) is 0. The second-order valence-corrected chi connectivity index (χ2v) is 7.25. The molecule has 0 aliphatic heterocycles. The third kappa shape index (κ3) is 10.8. The van der Waals surface area contributed by atoms with Gasteiger partial charge < -0.3 is 5.32 Å². The van der Waals surface area contributed by atoms with Gasteiger partial charge in [0, 0.05) is 6.04 Å². The SMILES string of the molecule is C=C(C)CCC(CC(C)CC(C)(C)C)NCCC. The molecule has 0 aromatic heterocycles. The fraction of sp³-hybridized carbons (Fsp3) is 0.882. The zero-order valence-electron chi connectivity index (χ0n) is 13.6. The van der Waals surface area contributed by atoms with Crippen molar-refractivity contribution >= 4 is 0 Å². The van der Waals surface area contributed by atoms with E-state index in [0.29, 0.717) is 11.5 Å². The third-order valence-corrected chi connectivity index (χ3v) is 3.25. The molecular weight excluding hydrogens is 218 g/mol. The summed E-state index contributed by atoms with van der Waals surface area (Å²) < 4.78 is 0. The Kier molecular flexibility index (Phi) is 8.60. The van der Waals surface area contributed by atoms with Gasteiger partial charge in [0.15, 0.2) is 0 Å². The molecule has 2 unspecified atom stereocenters. The normalized spacial score (nSPS) is 15.4. The molecule has 2 atom stereocenters. The summed E-state index contributed by atoms with van der Waals surface area (Å²) in [6, 6.07) is 0.666. The molecule has 0 aromatic rings. The molecule has 1 heteroatoms. The molecule has 0 bridgehead atoms. The first-order valence-corrected chi connectivity index (χ1v) is 7.62. The predicted octanol–water partition coefficient (Wildman–Crippen LogP) is 5.17. The summed E-state index contributed by atoms with van der Waals surface area (Å²) in [5, 5.41) is 3.70. The van der Waals surface area contributed by atoms with Crippen LogP contribution < -0.4 is 5.32 Å². The number of hydrogen-bond acceptors (Lipinski definition) is 1. The lowest BCUT2D eigenvalue weighted by Gasteiger charge is -2.27. The van der Waals surface area contributed by atoms with Gasteiger partial charge in [-0.1, -0.05) is 40.2 Å². The van der Waals surface area contributed by atoms with Gasteiger partial charge in [-0.15, -0.1) is 6.58 Å². The van der Waals surface area contributed by atoms with Crippen LogP contribution in [0.4, 0.5) is 0 Å². The maximum absolute atomic E-state index is 4.02. The van der Waals surface area contributed by atoms with Crippen molar-refractivity contribution in [3.05, 3.63) is 12.2 Å². The fourth-order valence-electron chi connectivity index (χ4n) is 2.69. The lowest BCUT2D eigenvalue weighted by Crippen LogP contribution is -2.32. The molecule has 0 saturated carbocycles. The molecule has 108 valence electrons. The maximum atomic E-state index is 4.02. The summed E-state index contributed by atoms with van der Waals surface area (Å²) in [5.41, 5.74) is 1.75. The predicted molar refractivity (Wildman–Crippen MR) is 84.0 cm³/mol. The Morgan fingerprint density at radius 3 is 2.33 bits per heavy atom. The van der Waals surface area contributed by atoms with Crippen molar-refractivity contribution in [3.63, 3.8) is 0 Å². The molecule has 0 heterocycles. The van der Waals surface area contributed by atoms with Gasteiger partial charge in [-0.2, -0.15) is 0 Å². The molecular formula is C17H35N. The van der Waals surface area contributed by atoms with E-state index in [1.807, 2.05) is 0 Å². The molecule has 0 saturated heterocycles. The Hall–Kier alpha value is -0.300. The summed E-state index contributed by atoms with van der Waals surface area (Å²) in [6.07, 6.45) is 6.22. The monoisotopic (exact) mass is 253 g/mol. The Bertz CT molecular complexity index is 224. The van der Waals surface area contributed by atoms with Crippen LogP contribution in [-0.4, -0.2) is 12.6 Å². The van der Waals surface area contributed by atoms with Crippen LogP contribution in [0.2, 0.25) is 0 Å². The van der Waals surface area contributed by atoms with Gasteiger partial charge in [-0.25, -0.2) is 0 Å². The van der Waals surface area contributed by atoms with E-state index >= 15 is 0 Å². The standard InChI is InChI=1S/C17H35N/c1-8-11-18-16(10-9-14(2)3)12-15(4)13-17(5,6)7/h15-16,18H,2,8-13H2,1,3-7H3. The molecule has 0 aliphatic carbocycles. The van der Waals surface area contributed by atoms with Crippen molar-refractivity contribution < 1.29 is 0 Å². The van der Waals surface area contributed by atoms with E-state index in [-0.39, 0.29) is 0 Å². The summed E-state index contributed by atoms with van der Waals surface area (Å²) in [7, 11) is 0. The van der Waals surface area contributed by atoms with Crippen LogP contribution in [0.3, 0.4) is 0 Å². The Morgan fingerprint density at radius 1 is 1.28 bits per heavy atom. The zero-order chi connectivity index (χ0) is 14.2. The first kappa shape index (κ1) is 17.7. The largest absolute Gasteiger partial charge is 0.314 e. The summed E-state index contributed by atoms with van der Waals surface area (Å²) >= 11 is 0. The van der Waals surface area contributed by atoms with E-state index in [2.05, 4.69) is 53.4 Å². The van der Waals surface area contributed by atoms with Crippen LogP contribution in [0.1, 0.15) is 73.6 Å². The minimum atomic E-state index is 0.447. The number of rotatable bonds is 9. The minimum Gasteiger partial charge on any atom is -0.314 e. The smallest absolute Gasteiger partial charge is 0.00726 e. The molecule has 0 radical (unpaired) electrons. The second-order valence-electron chi connectivity index (χ2n) is 7.25. The minimum absolute atomic E-state index is 0.447. The van der Waals surface area contributed by atoms with Crippen LogP contribution in [0.5, 0.6) is 0 Å². The molecule has 0 aliphatic rings.